The maximum absolute atomic E-state index is 13.7. The molecule has 0 radical (unpaired) electrons. The molecule has 5 aromatic rings. The van der Waals surface area contributed by atoms with Gasteiger partial charge < -0.3 is 10.4 Å². The number of rotatable bonds is 3. The van der Waals surface area contributed by atoms with Crippen LogP contribution in [-0.2, 0) is 16.6 Å². The zero-order valence-corrected chi connectivity index (χ0v) is 26.2. The van der Waals surface area contributed by atoms with E-state index in [-0.39, 0.29) is 39.6 Å². The Labute approximate surface area is 284 Å². The Kier molecular flexibility index (Phi) is 8.79. The molecule has 0 saturated carbocycles. The number of carbonyl (C=O) groups is 2. The first kappa shape index (κ1) is 30.3. The maximum atomic E-state index is 13.7. The number of nitrogens with one attached hydrogen (secondary N) is 1. The number of carboxylic acid groups (broad SMARTS) is 1. The molecule has 4 aromatic heterocycles. The number of nitrogens with zero attached hydrogens (tertiary/aromatic N) is 8. The molecule has 0 spiro atoms. The molecule has 48 heavy (non-hydrogen) atoms. The van der Waals surface area contributed by atoms with Gasteiger partial charge >= 0.3 is 12.1 Å². The average molecular weight is 708 g/mol. The second-order valence-corrected chi connectivity index (χ2v) is 11.4. The molecule has 2 N–H and O–H groups in total. The first-order valence-corrected chi connectivity index (χ1v) is 14.8. The number of fused-ring (bicyclic) bond motifs is 4. The highest BCUT2D eigenvalue weighted by atomic mass is 35.5. The van der Waals surface area contributed by atoms with Crippen molar-refractivity contribution in [3.8, 4) is 28.3 Å². The Balaban J connectivity index is 0.000000654. The smallest absolute Gasteiger partial charge is 0.475 e. The molecule has 13 nitrogen and oxygen atoms in total. The normalized spacial score (nSPS) is 17.6. The van der Waals surface area contributed by atoms with E-state index < -0.39 is 25.2 Å². The minimum absolute atomic E-state index is 0.147. The van der Waals surface area contributed by atoms with Gasteiger partial charge in [-0.05, 0) is 48.7 Å². The topological polar surface area (TPSA) is 163 Å². The lowest BCUT2D eigenvalue weighted by atomic mass is 9.95. The Hall–Kier alpha value is -5.09. The van der Waals surface area contributed by atoms with Crippen LogP contribution in [0.1, 0.15) is 41.9 Å². The summed E-state index contributed by atoms with van der Waals surface area (Å²) < 4.78 is 59.6. The van der Waals surface area contributed by atoms with Crippen LogP contribution in [0.3, 0.4) is 0 Å². The van der Waals surface area contributed by atoms with E-state index >= 15 is 0 Å². The van der Waals surface area contributed by atoms with Crippen LogP contribution in [0.4, 0.5) is 18.9 Å². The molecule has 2 atom stereocenters. The summed E-state index contributed by atoms with van der Waals surface area (Å²) in [6, 6.07) is 9.54. The van der Waals surface area contributed by atoms with Gasteiger partial charge in [0.05, 0.1) is 47.5 Å². The van der Waals surface area contributed by atoms with Gasteiger partial charge in [-0.25, -0.2) is 14.5 Å². The Bertz CT molecular complexity index is 2150. The minimum atomic E-state index is -5.08. The summed E-state index contributed by atoms with van der Waals surface area (Å²) in [6.07, 6.45) is 2.45. The van der Waals surface area contributed by atoms with Gasteiger partial charge in [0.15, 0.2) is 5.15 Å². The van der Waals surface area contributed by atoms with Crippen LogP contribution in [0.15, 0.2) is 66.1 Å². The SMILES string of the molecule is O=C(O)C(F)(F)F.[2H]C([2H])([2H])n1ncc2c1-c1cc(ccn1)[C@@H](n1cnc(-c3cc(Cl)ccc3-n3cc(Cl)nn3)cc1=O)CCC[C@@H](C)C(=O)N2. The van der Waals surface area contributed by atoms with E-state index in [4.69, 9.17) is 37.2 Å². The van der Waals surface area contributed by atoms with Gasteiger partial charge in [-0.1, -0.05) is 41.8 Å². The first-order chi connectivity index (χ1) is 23.9. The van der Waals surface area contributed by atoms with Gasteiger partial charge in [-0.3, -0.25) is 23.8 Å². The molecule has 2 bridgehead atoms. The van der Waals surface area contributed by atoms with Gasteiger partial charge in [0.25, 0.3) is 5.56 Å². The molecule has 1 amide bonds. The van der Waals surface area contributed by atoms with Crippen LogP contribution in [0.25, 0.3) is 28.3 Å². The summed E-state index contributed by atoms with van der Waals surface area (Å²) in [6.45, 7) is -0.819. The van der Waals surface area contributed by atoms with Crippen molar-refractivity contribution in [2.45, 2.75) is 38.4 Å². The van der Waals surface area contributed by atoms with E-state index in [9.17, 15) is 22.8 Å². The zero-order valence-electron chi connectivity index (χ0n) is 27.7. The molecule has 1 aromatic carbocycles. The van der Waals surface area contributed by atoms with Crippen LogP contribution in [0.5, 0.6) is 0 Å². The quantitative estimate of drug-likeness (QED) is 0.244. The highest BCUT2D eigenvalue weighted by Gasteiger charge is 2.38. The number of amides is 1. The van der Waals surface area contributed by atoms with Crippen LogP contribution >= 0.6 is 23.2 Å². The fraction of sp³-hybridized carbons (Fsp3) is 0.267. The number of hydrogen-bond donors (Lipinski definition) is 2. The van der Waals surface area contributed by atoms with E-state index in [0.717, 1.165) is 10.2 Å². The maximum Gasteiger partial charge on any atom is 0.490 e. The number of halogens is 5. The molecular formula is C30H26Cl2F3N9O4. The molecule has 0 fully saturated rings. The third kappa shape index (κ3) is 7.55. The lowest BCUT2D eigenvalue weighted by Gasteiger charge is -2.23. The number of benzene rings is 1. The summed E-state index contributed by atoms with van der Waals surface area (Å²) >= 11 is 12.3. The fourth-order valence-corrected chi connectivity index (χ4v) is 5.30. The van der Waals surface area contributed by atoms with E-state index in [1.165, 1.54) is 34.0 Å². The van der Waals surface area contributed by atoms with Crippen molar-refractivity contribution >= 4 is 40.8 Å². The van der Waals surface area contributed by atoms with Gasteiger partial charge in [0.2, 0.25) is 5.91 Å². The van der Waals surface area contributed by atoms with Gasteiger partial charge in [-0.2, -0.15) is 18.3 Å². The number of carbonyl (C=O) groups excluding carboxylic acids is 1. The van der Waals surface area contributed by atoms with Crippen LogP contribution in [0.2, 0.25) is 10.2 Å². The predicted octanol–water partition coefficient (Wildman–Crippen LogP) is 5.57. The van der Waals surface area contributed by atoms with Crippen molar-refractivity contribution in [2.24, 2.45) is 12.9 Å². The lowest BCUT2D eigenvalue weighted by Crippen LogP contribution is -2.26. The molecule has 5 heterocycles. The van der Waals surface area contributed by atoms with Crippen LogP contribution in [0, 0.1) is 5.92 Å². The van der Waals surface area contributed by atoms with E-state index in [1.54, 1.807) is 43.5 Å². The minimum Gasteiger partial charge on any atom is -0.475 e. The predicted molar refractivity (Wildman–Crippen MR) is 169 cm³/mol. The summed E-state index contributed by atoms with van der Waals surface area (Å²) in [5, 5.41) is 22.5. The third-order valence-corrected chi connectivity index (χ3v) is 7.77. The van der Waals surface area contributed by atoms with Crippen molar-refractivity contribution in [1.82, 2.24) is 39.3 Å². The number of pyridine rings is 1. The molecule has 6 rings (SSSR count). The van der Waals surface area contributed by atoms with Gasteiger partial charge in [0, 0.05) is 39.9 Å². The largest absolute Gasteiger partial charge is 0.490 e. The van der Waals surface area contributed by atoms with Crippen molar-refractivity contribution in [2.75, 3.05) is 5.32 Å². The molecule has 250 valence electrons. The van der Waals surface area contributed by atoms with Crippen molar-refractivity contribution in [3.63, 3.8) is 0 Å². The number of aryl methyl sites for hydroxylation is 1. The summed E-state index contributed by atoms with van der Waals surface area (Å²) in [7, 11) is 0. The Morgan fingerprint density at radius 3 is 2.54 bits per heavy atom. The standard InChI is InChI=1S/C28H25Cl2N9O2.C2HF3O2/c1-16-4-3-5-23(17-8-9-31-21(10-17)27-22(34-28(16)41)13-33-37(27)2)38-15-32-20(12-26(38)40)19-11-18(29)6-7-24(19)39-14-25(30)35-36-39;3-2(4,5)1(6)7/h6-16,23H,3-5H2,1-2H3,(H,34,41);(H,6,7)/t16-,23+;/m1./s1/i2D3;. The molecule has 18 heteroatoms. The summed E-state index contributed by atoms with van der Waals surface area (Å²) in [5.74, 6) is -3.40. The lowest BCUT2D eigenvalue weighted by molar-refractivity contribution is -0.192. The molecule has 0 aliphatic carbocycles. The molecule has 1 aliphatic heterocycles. The molecule has 1 aliphatic rings. The molecule has 0 unspecified atom stereocenters. The average Bonchev–Trinajstić information content (AvgIpc) is 3.69. The number of anilines is 1. The van der Waals surface area contributed by atoms with Crippen LogP contribution in [-0.4, -0.2) is 62.5 Å². The van der Waals surface area contributed by atoms with Crippen molar-refractivity contribution in [1.29, 1.82) is 0 Å². The van der Waals surface area contributed by atoms with Gasteiger partial charge in [-0.15, -0.1) is 5.10 Å². The zero-order chi connectivity index (χ0) is 37.2. The number of hydrogen-bond acceptors (Lipinski definition) is 8. The highest BCUT2D eigenvalue weighted by Crippen LogP contribution is 2.33. The highest BCUT2D eigenvalue weighted by molar-refractivity contribution is 6.31. The van der Waals surface area contributed by atoms with Gasteiger partial charge in [0.1, 0.15) is 5.69 Å². The number of alkyl halides is 3. The van der Waals surface area contributed by atoms with E-state index in [2.05, 4.69) is 30.7 Å². The Morgan fingerprint density at radius 2 is 1.88 bits per heavy atom. The molecule has 0 saturated heterocycles. The van der Waals surface area contributed by atoms with Crippen molar-refractivity contribution < 1.29 is 32.0 Å². The van der Waals surface area contributed by atoms with E-state index in [1.807, 2.05) is 0 Å². The number of aliphatic carboxylic acids is 1. The third-order valence-electron chi connectivity index (χ3n) is 7.36. The van der Waals surface area contributed by atoms with Crippen LogP contribution < -0.4 is 10.9 Å². The second-order valence-electron chi connectivity index (χ2n) is 10.6. The first-order valence-electron chi connectivity index (χ1n) is 15.6. The summed E-state index contributed by atoms with van der Waals surface area (Å²) in [5.41, 5.74) is 2.58. The van der Waals surface area contributed by atoms with E-state index in [0.29, 0.717) is 41.2 Å². The Morgan fingerprint density at radius 1 is 1.10 bits per heavy atom. The number of aromatic nitrogens is 8. The monoisotopic (exact) mass is 706 g/mol. The fourth-order valence-electron chi connectivity index (χ4n) is 5.01. The van der Waals surface area contributed by atoms with Crippen molar-refractivity contribution in [3.05, 3.63) is 87.4 Å². The number of carboxylic acids is 1. The molecular weight excluding hydrogens is 678 g/mol. The second kappa shape index (κ2) is 13.9. The summed E-state index contributed by atoms with van der Waals surface area (Å²) in [4.78, 5) is 44.7.